The molecule has 1 heterocycles. The predicted octanol–water partition coefficient (Wildman–Crippen LogP) is 1.77. The van der Waals surface area contributed by atoms with Crippen LogP contribution in [-0.2, 0) is 0 Å². The fraction of sp³-hybridized carbons (Fsp3) is 0. The molecule has 0 bridgehead atoms. The summed E-state index contributed by atoms with van der Waals surface area (Å²) in [4.78, 5) is 24.9. The van der Waals surface area contributed by atoms with Gasteiger partial charge in [-0.15, -0.1) is 0 Å². The molecule has 0 saturated heterocycles. The second-order valence-electron chi connectivity index (χ2n) is 3.38. The van der Waals surface area contributed by atoms with Crippen molar-refractivity contribution in [3.05, 3.63) is 64.3 Å². The number of hydrogen-bond donors (Lipinski definition) is 2. The molecule has 0 fully saturated rings. The highest BCUT2D eigenvalue weighted by atomic mass is 19.1. The molecule has 17 heavy (non-hydrogen) atoms. The number of aromatic amines is 1. The van der Waals surface area contributed by atoms with Gasteiger partial charge in [-0.05, 0) is 18.2 Å². The van der Waals surface area contributed by atoms with E-state index in [4.69, 9.17) is 0 Å². The van der Waals surface area contributed by atoms with Crippen LogP contribution in [0.25, 0.3) is 0 Å². The molecule has 1 aromatic carbocycles. The Balaban J connectivity index is 2.20. The topological polar surface area (TPSA) is 62.0 Å². The molecule has 0 atom stereocenters. The highest BCUT2D eigenvalue weighted by Crippen LogP contribution is 2.09. The summed E-state index contributed by atoms with van der Waals surface area (Å²) in [5.74, 6) is -1.15. The lowest BCUT2D eigenvalue weighted by Crippen LogP contribution is -2.14. The summed E-state index contributed by atoms with van der Waals surface area (Å²) in [7, 11) is 0. The molecule has 86 valence electrons. The van der Waals surface area contributed by atoms with Gasteiger partial charge in [0.2, 0.25) is 5.56 Å². The van der Waals surface area contributed by atoms with E-state index in [-0.39, 0.29) is 11.1 Å². The van der Waals surface area contributed by atoms with Gasteiger partial charge in [-0.2, -0.15) is 0 Å². The molecule has 0 saturated carbocycles. The number of carbonyl (C=O) groups is 1. The van der Waals surface area contributed by atoms with Crippen LogP contribution >= 0.6 is 0 Å². The Labute approximate surface area is 96.1 Å². The number of anilines is 1. The van der Waals surface area contributed by atoms with E-state index in [1.54, 1.807) is 6.07 Å². The molecule has 0 unspecified atom stereocenters. The number of benzene rings is 1. The van der Waals surface area contributed by atoms with Crippen LogP contribution in [0.1, 0.15) is 10.4 Å². The molecule has 0 aliphatic carbocycles. The van der Waals surface area contributed by atoms with Crippen molar-refractivity contribution >= 4 is 11.6 Å². The van der Waals surface area contributed by atoms with E-state index < -0.39 is 11.7 Å². The van der Waals surface area contributed by atoms with Gasteiger partial charge in [0.1, 0.15) is 5.82 Å². The molecule has 5 heteroatoms. The molecule has 4 nitrogen and oxygen atoms in total. The molecule has 0 aliphatic rings. The number of aromatic nitrogens is 1. The summed E-state index contributed by atoms with van der Waals surface area (Å²) in [6, 6.07) is 8.39. The van der Waals surface area contributed by atoms with Crippen LogP contribution in [0, 0.1) is 5.82 Å². The van der Waals surface area contributed by atoms with E-state index in [0.29, 0.717) is 5.69 Å². The fourth-order valence-electron chi connectivity index (χ4n) is 1.33. The average Bonchev–Trinajstić information content (AvgIpc) is 2.32. The molecule has 0 aliphatic heterocycles. The summed E-state index contributed by atoms with van der Waals surface area (Å²) in [6.45, 7) is 0. The lowest BCUT2D eigenvalue weighted by molar-refractivity contribution is 0.102. The van der Waals surface area contributed by atoms with Crippen molar-refractivity contribution in [1.82, 2.24) is 4.98 Å². The van der Waals surface area contributed by atoms with Crippen molar-refractivity contribution in [2.24, 2.45) is 0 Å². The third kappa shape index (κ3) is 2.57. The van der Waals surface area contributed by atoms with E-state index in [0.717, 1.165) is 0 Å². The maximum Gasteiger partial charge on any atom is 0.258 e. The number of rotatable bonds is 2. The number of carbonyl (C=O) groups excluding carboxylic acids is 1. The van der Waals surface area contributed by atoms with Crippen LogP contribution in [-0.4, -0.2) is 10.9 Å². The zero-order valence-electron chi connectivity index (χ0n) is 8.74. The van der Waals surface area contributed by atoms with E-state index in [1.807, 2.05) is 0 Å². The SMILES string of the molecule is O=C(Nc1ccc(=O)[nH]c1)c1ccccc1F. The molecule has 2 N–H and O–H groups in total. The van der Waals surface area contributed by atoms with Crippen molar-refractivity contribution < 1.29 is 9.18 Å². The zero-order chi connectivity index (χ0) is 12.3. The average molecular weight is 232 g/mol. The van der Waals surface area contributed by atoms with Gasteiger partial charge in [0, 0.05) is 12.3 Å². The first-order valence-corrected chi connectivity index (χ1v) is 4.91. The summed E-state index contributed by atoms with van der Waals surface area (Å²) >= 11 is 0. The first kappa shape index (κ1) is 11.1. The Bertz CT molecular complexity index is 587. The molecule has 2 rings (SSSR count). The first-order valence-electron chi connectivity index (χ1n) is 4.91. The third-order valence-electron chi connectivity index (χ3n) is 2.16. The number of halogens is 1. The van der Waals surface area contributed by atoms with Crippen molar-refractivity contribution in [2.75, 3.05) is 5.32 Å². The van der Waals surface area contributed by atoms with E-state index in [9.17, 15) is 14.0 Å². The smallest absolute Gasteiger partial charge is 0.258 e. The second kappa shape index (κ2) is 4.61. The van der Waals surface area contributed by atoms with Gasteiger partial charge in [-0.3, -0.25) is 9.59 Å². The van der Waals surface area contributed by atoms with E-state index in [1.165, 1.54) is 36.5 Å². The van der Waals surface area contributed by atoms with Crippen LogP contribution < -0.4 is 10.9 Å². The number of H-pyrrole nitrogens is 1. The van der Waals surface area contributed by atoms with Gasteiger partial charge in [0.05, 0.1) is 11.3 Å². The van der Waals surface area contributed by atoms with Crippen LogP contribution in [0.3, 0.4) is 0 Å². The van der Waals surface area contributed by atoms with E-state index >= 15 is 0 Å². The maximum atomic E-state index is 13.3. The minimum Gasteiger partial charge on any atom is -0.327 e. The maximum absolute atomic E-state index is 13.3. The minimum absolute atomic E-state index is 0.0429. The van der Waals surface area contributed by atoms with Crippen LogP contribution in [0.15, 0.2) is 47.4 Å². The molecule has 1 amide bonds. The summed E-state index contributed by atoms with van der Waals surface area (Å²) in [6.07, 6.45) is 1.35. The summed E-state index contributed by atoms with van der Waals surface area (Å²) < 4.78 is 13.3. The Hall–Kier alpha value is -2.43. The number of nitrogens with one attached hydrogen (secondary N) is 2. The lowest BCUT2D eigenvalue weighted by Gasteiger charge is -2.05. The second-order valence-corrected chi connectivity index (χ2v) is 3.38. The van der Waals surface area contributed by atoms with Crippen LogP contribution in [0.5, 0.6) is 0 Å². The quantitative estimate of drug-likeness (QED) is 0.828. The largest absolute Gasteiger partial charge is 0.327 e. The van der Waals surface area contributed by atoms with E-state index in [2.05, 4.69) is 10.3 Å². The zero-order valence-corrected chi connectivity index (χ0v) is 8.74. The molecule has 2 aromatic rings. The van der Waals surface area contributed by atoms with Gasteiger partial charge in [0.15, 0.2) is 0 Å². The minimum atomic E-state index is -0.588. The number of hydrogen-bond acceptors (Lipinski definition) is 2. The van der Waals surface area contributed by atoms with Crippen molar-refractivity contribution in [3.63, 3.8) is 0 Å². The monoisotopic (exact) mass is 232 g/mol. The molecular formula is C12H9FN2O2. The standard InChI is InChI=1S/C12H9FN2O2/c13-10-4-2-1-3-9(10)12(17)15-8-5-6-11(16)14-7-8/h1-7H,(H,14,16)(H,15,17). The fourth-order valence-corrected chi connectivity index (χ4v) is 1.33. The van der Waals surface area contributed by atoms with Gasteiger partial charge in [-0.25, -0.2) is 4.39 Å². The predicted molar refractivity (Wildman–Crippen MR) is 61.4 cm³/mol. The Morgan fingerprint density at radius 1 is 1.18 bits per heavy atom. The summed E-state index contributed by atoms with van der Waals surface area (Å²) in [5, 5.41) is 2.48. The molecule has 1 aromatic heterocycles. The first-order chi connectivity index (χ1) is 8.16. The summed E-state index contributed by atoms with van der Waals surface area (Å²) in [5.41, 5.74) is 0.0884. The molecule has 0 radical (unpaired) electrons. The van der Waals surface area contributed by atoms with Gasteiger partial charge in [0.25, 0.3) is 5.91 Å². The van der Waals surface area contributed by atoms with Crippen molar-refractivity contribution in [1.29, 1.82) is 0 Å². The van der Waals surface area contributed by atoms with Gasteiger partial charge >= 0.3 is 0 Å². The van der Waals surface area contributed by atoms with Crippen molar-refractivity contribution in [3.8, 4) is 0 Å². The lowest BCUT2D eigenvalue weighted by atomic mass is 10.2. The van der Waals surface area contributed by atoms with Gasteiger partial charge in [-0.1, -0.05) is 12.1 Å². The van der Waals surface area contributed by atoms with Crippen molar-refractivity contribution in [2.45, 2.75) is 0 Å². The Morgan fingerprint density at radius 3 is 2.59 bits per heavy atom. The number of amides is 1. The number of pyridine rings is 1. The van der Waals surface area contributed by atoms with Crippen LogP contribution in [0.4, 0.5) is 10.1 Å². The Kier molecular flexibility index (Phi) is 3.00. The normalized spacial score (nSPS) is 9.94. The molecule has 0 spiro atoms. The Morgan fingerprint density at radius 2 is 1.94 bits per heavy atom. The highest BCUT2D eigenvalue weighted by molar-refractivity contribution is 6.04. The highest BCUT2D eigenvalue weighted by Gasteiger charge is 2.10. The molecular weight excluding hydrogens is 223 g/mol. The van der Waals surface area contributed by atoms with Gasteiger partial charge < -0.3 is 10.3 Å². The van der Waals surface area contributed by atoms with Crippen LogP contribution in [0.2, 0.25) is 0 Å². The third-order valence-corrected chi connectivity index (χ3v) is 2.16.